The molecule has 0 aromatic carbocycles. The zero-order valence-electron chi connectivity index (χ0n) is 16.3. The van der Waals surface area contributed by atoms with Gasteiger partial charge in [0.2, 0.25) is 0 Å². The lowest BCUT2D eigenvalue weighted by Crippen LogP contribution is -2.39. The third-order valence-electron chi connectivity index (χ3n) is 2.82. The Morgan fingerprint density at radius 1 is 1.12 bits per heavy atom. The van der Waals surface area contributed by atoms with Crippen LogP contribution in [0.15, 0.2) is 11.4 Å². The second-order valence-electron chi connectivity index (χ2n) is 7.88. The van der Waals surface area contributed by atoms with Gasteiger partial charge in [-0.3, -0.25) is 4.90 Å². The van der Waals surface area contributed by atoms with Crippen LogP contribution in [0.2, 0.25) is 0 Å². The average Bonchev–Trinajstić information content (AvgIpc) is 2.80. The SMILES string of the molecule is Cc1csc(N(CCCNC(=O)OC(C)(C)C)C(=O)OC(C)(C)C)c1. The Balaban J connectivity index is 2.60. The molecule has 6 nitrogen and oxygen atoms in total. The van der Waals surface area contributed by atoms with Gasteiger partial charge >= 0.3 is 12.2 Å². The van der Waals surface area contributed by atoms with Gasteiger partial charge in [0.15, 0.2) is 0 Å². The number of nitrogens with one attached hydrogen (secondary N) is 1. The standard InChI is InChI=1S/C18H30N2O4S/c1-13-11-14(25-12-13)20(16(22)24-18(5,6)7)10-8-9-19-15(21)23-17(2,3)4/h11-12H,8-10H2,1-7H3,(H,19,21). The van der Waals surface area contributed by atoms with Crippen LogP contribution in [0.4, 0.5) is 14.6 Å². The lowest BCUT2D eigenvalue weighted by Gasteiger charge is -2.26. The first-order chi connectivity index (χ1) is 11.4. The second-order valence-corrected chi connectivity index (χ2v) is 8.77. The van der Waals surface area contributed by atoms with Crippen LogP contribution in [0.25, 0.3) is 0 Å². The van der Waals surface area contributed by atoms with Crippen LogP contribution in [-0.2, 0) is 9.47 Å². The molecule has 2 amide bonds. The topological polar surface area (TPSA) is 67.9 Å². The normalized spacial score (nSPS) is 11.8. The van der Waals surface area contributed by atoms with Gasteiger partial charge in [-0.05, 0) is 71.9 Å². The summed E-state index contributed by atoms with van der Waals surface area (Å²) in [5.41, 5.74) is 0.0118. The van der Waals surface area contributed by atoms with Crippen LogP contribution in [0, 0.1) is 6.92 Å². The summed E-state index contributed by atoms with van der Waals surface area (Å²) in [4.78, 5) is 25.8. The molecule has 1 rings (SSSR count). The van der Waals surface area contributed by atoms with Crippen molar-refractivity contribution in [1.29, 1.82) is 0 Å². The lowest BCUT2D eigenvalue weighted by atomic mass is 10.2. The van der Waals surface area contributed by atoms with Gasteiger partial charge in [-0.2, -0.15) is 0 Å². The molecule has 0 saturated carbocycles. The summed E-state index contributed by atoms with van der Waals surface area (Å²) in [7, 11) is 0. The minimum absolute atomic E-state index is 0.383. The molecule has 0 aliphatic heterocycles. The summed E-state index contributed by atoms with van der Waals surface area (Å²) >= 11 is 1.50. The van der Waals surface area contributed by atoms with Crippen molar-refractivity contribution in [3.8, 4) is 0 Å². The highest BCUT2D eigenvalue weighted by molar-refractivity contribution is 7.14. The van der Waals surface area contributed by atoms with Crippen molar-refractivity contribution >= 4 is 28.5 Å². The fourth-order valence-corrected chi connectivity index (χ4v) is 2.83. The molecule has 1 N–H and O–H groups in total. The summed E-state index contributed by atoms with van der Waals surface area (Å²) in [6.45, 7) is 13.8. The highest BCUT2D eigenvalue weighted by Crippen LogP contribution is 2.26. The molecule has 0 radical (unpaired) electrons. The molecule has 1 aromatic rings. The molecule has 142 valence electrons. The summed E-state index contributed by atoms with van der Waals surface area (Å²) in [5.74, 6) is 0. The molecule has 25 heavy (non-hydrogen) atoms. The van der Waals surface area contributed by atoms with E-state index in [1.807, 2.05) is 59.9 Å². The average molecular weight is 371 g/mol. The van der Waals surface area contributed by atoms with Gasteiger partial charge in [0, 0.05) is 13.1 Å². The van der Waals surface area contributed by atoms with E-state index in [4.69, 9.17) is 9.47 Å². The van der Waals surface area contributed by atoms with Crippen LogP contribution >= 0.6 is 11.3 Å². The molecule has 1 heterocycles. The number of hydrogen-bond acceptors (Lipinski definition) is 5. The van der Waals surface area contributed by atoms with Crippen molar-refractivity contribution in [3.05, 3.63) is 17.0 Å². The van der Waals surface area contributed by atoms with E-state index in [1.165, 1.54) is 11.3 Å². The number of carbonyl (C=O) groups excluding carboxylic acids is 2. The van der Waals surface area contributed by atoms with Crippen molar-refractivity contribution in [2.75, 3.05) is 18.0 Å². The van der Waals surface area contributed by atoms with Crippen LogP contribution in [0.1, 0.15) is 53.5 Å². The fraction of sp³-hybridized carbons (Fsp3) is 0.667. The second kappa shape index (κ2) is 8.56. The Kier molecular flexibility index (Phi) is 7.29. The van der Waals surface area contributed by atoms with E-state index >= 15 is 0 Å². The quantitative estimate of drug-likeness (QED) is 0.762. The summed E-state index contributed by atoms with van der Waals surface area (Å²) in [5, 5.41) is 5.53. The number of aryl methyl sites for hydroxylation is 1. The Labute approximate surface area is 154 Å². The largest absolute Gasteiger partial charge is 0.444 e. The summed E-state index contributed by atoms with van der Waals surface area (Å²) < 4.78 is 10.7. The number of rotatable bonds is 5. The van der Waals surface area contributed by atoms with Gasteiger partial charge in [0.1, 0.15) is 16.2 Å². The molecule has 0 bridgehead atoms. The molecular weight excluding hydrogens is 340 g/mol. The van der Waals surface area contributed by atoms with Gasteiger partial charge in [-0.1, -0.05) is 0 Å². The monoisotopic (exact) mass is 370 g/mol. The maximum Gasteiger partial charge on any atom is 0.415 e. The van der Waals surface area contributed by atoms with Crippen LogP contribution in [0.3, 0.4) is 0 Å². The lowest BCUT2D eigenvalue weighted by molar-refractivity contribution is 0.0527. The van der Waals surface area contributed by atoms with E-state index in [0.717, 1.165) is 10.6 Å². The number of thiophene rings is 1. The Morgan fingerprint density at radius 3 is 2.20 bits per heavy atom. The Morgan fingerprint density at radius 2 is 1.72 bits per heavy atom. The molecule has 0 atom stereocenters. The van der Waals surface area contributed by atoms with Crippen molar-refractivity contribution in [3.63, 3.8) is 0 Å². The zero-order valence-corrected chi connectivity index (χ0v) is 17.1. The smallest absolute Gasteiger partial charge is 0.415 e. The van der Waals surface area contributed by atoms with Gasteiger partial charge in [-0.15, -0.1) is 11.3 Å². The molecular formula is C18H30N2O4S. The number of amides is 2. The third-order valence-corrected chi connectivity index (χ3v) is 3.89. The highest BCUT2D eigenvalue weighted by Gasteiger charge is 2.24. The van der Waals surface area contributed by atoms with Crippen LogP contribution in [0.5, 0.6) is 0 Å². The van der Waals surface area contributed by atoms with Gasteiger partial charge < -0.3 is 14.8 Å². The number of alkyl carbamates (subject to hydrolysis) is 1. The molecule has 0 saturated heterocycles. The molecule has 7 heteroatoms. The van der Waals surface area contributed by atoms with E-state index in [2.05, 4.69) is 5.32 Å². The third kappa shape index (κ3) is 8.77. The first-order valence-electron chi connectivity index (χ1n) is 8.40. The molecule has 0 aliphatic rings. The van der Waals surface area contributed by atoms with Crippen molar-refractivity contribution < 1.29 is 19.1 Å². The number of ether oxygens (including phenoxy) is 2. The number of hydrogen-bond donors (Lipinski definition) is 1. The number of nitrogens with zero attached hydrogens (tertiary/aromatic N) is 1. The minimum Gasteiger partial charge on any atom is -0.444 e. The molecule has 0 fully saturated rings. The van der Waals surface area contributed by atoms with E-state index < -0.39 is 17.3 Å². The molecule has 0 aliphatic carbocycles. The first kappa shape index (κ1) is 21.3. The number of carbonyl (C=O) groups is 2. The fourth-order valence-electron chi connectivity index (χ4n) is 1.91. The van der Waals surface area contributed by atoms with Gasteiger partial charge in [0.25, 0.3) is 0 Å². The molecule has 0 spiro atoms. The van der Waals surface area contributed by atoms with Crippen LogP contribution in [-0.4, -0.2) is 36.5 Å². The van der Waals surface area contributed by atoms with Crippen molar-refractivity contribution in [2.45, 2.75) is 66.1 Å². The van der Waals surface area contributed by atoms with E-state index in [1.54, 1.807) is 4.90 Å². The molecule has 0 unspecified atom stereocenters. The minimum atomic E-state index is -0.559. The number of anilines is 1. The maximum atomic E-state index is 12.5. The highest BCUT2D eigenvalue weighted by atomic mass is 32.1. The first-order valence-corrected chi connectivity index (χ1v) is 9.28. The zero-order chi connectivity index (χ0) is 19.3. The Hall–Kier alpha value is -1.76. The maximum absolute atomic E-state index is 12.5. The van der Waals surface area contributed by atoms with Crippen LogP contribution < -0.4 is 10.2 Å². The van der Waals surface area contributed by atoms with E-state index in [9.17, 15) is 9.59 Å². The van der Waals surface area contributed by atoms with E-state index in [0.29, 0.717) is 19.5 Å². The van der Waals surface area contributed by atoms with Crippen molar-refractivity contribution in [1.82, 2.24) is 5.32 Å². The van der Waals surface area contributed by atoms with Gasteiger partial charge in [0.05, 0.1) is 0 Å². The summed E-state index contributed by atoms with van der Waals surface area (Å²) in [6.07, 6.45) is -0.245. The predicted octanol–water partition coefficient (Wildman–Crippen LogP) is 4.71. The van der Waals surface area contributed by atoms with Crippen molar-refractivity contribution in [2.24, 2.45) is 0 Å². The summed E-state index contributed by atoms with van der Waals surface area (Å²) in [6, 6.07) is 1.95. The molecule has 1 aromatic heterocycles. The van der Waals surface area contributed by atoms with Gasteiger partial charge in [-0.25, -0.2) is 9.59 Å². The Bertz CT molecular complexity index is 585. The predicted molar refractivity (Wildman–Crippen MR) is 101 cm³/mol. The van der Waals surface area contributed by atoms with E-state index in [-0.39, 0.29) is 6.09 Å².